The molecule has 0 aromatic carbocycles. The highest BCUT2D eigenvalue weighted by Crippen LogP contribution is 2.50. The van der Waals surface area contributed by atoms with E-state index in [1.165, 1.54) is 0 Å². The normalized spacial score (nSPS) is 22.0. The van der Waals surface area contributed by atoms with E-state index in [1.54, 1.807) is 13.8 Å². The van der Waals surface area contributed by atoms with E-state index in [2.05, 4.69) is 0 Å². The van der Waals surface area contributed by atoms with E-state index in [4.69, 9.17) is 9.47 Å². The van der Waals surface area contributed by atoms with Gasteiger partial charge in [0, 0.05) is 0 Å². The molecule has 0 bridgehead atoms. The quantitative estimate of drug-likeness (QED) is 0.614. The maximum absolute atomic E-state index is 11.8. The van der Waals surface area contributed by atoms with Gasteiger partial charge in [-0.05, 0) is 31.6 Å². The second-order valence-corrected chi connectivity index (χ2v) is 7.77. The number of esters is 1. The summed E-state index contributed by atoms with van der Waals surface area (Å²) in [7, 11) is 0. The van der Waals surface area contributed by atoms with E-state index >= 15 is 0 Å². The van der Waals surface area contributed by atoms with Gasteiger partial charge in [-0.1, -0.05) is 41.5 Å². The fourth-order valence-electron chi connectivity index (χ4n) is 4.05. The van der Waals surface area contributed by atoms with E-state index in [1.807, 2.05) is 41.5 Å². The van der Waals surface area contributed by atoms with Crippen LogP contribution in [-0.2, 0) is 14.3 Å². The van der Waals surface area contributed by atoms with Crippen molar-refractivity contribution in [1.29, 1.82) is 0 Å². The van der Waals surface area contributed by atoms with Crippen molar-refractivity contribution in [2.75, 3.05) is 0 Å². The van der Waals surface area contributed by atoms with E-state index in [-0.39, 0.29) is 17.9 Å². The van der Waals surface area contributed by atoms with Crippen LogP contribution in [0.2, 0.25) is 0 Å². The van der Waals surface area contributed by atoms with E-state index in [0.29, 0.717) is 0 Å². The van der Waals surface area contributed by atoms with Crippen LogP contribution in [0.3, 0.4) is 0 Å². The number of carbonyl (C=O) groups is 1. The molecule has 1 aliphatic heterocycles. The molecular formula is C18H32O6. The smallest absolute Gasteiger partial charge is 0.378 e. The molecule has 0 aromatic heterocycles. The molecule has 0 aromatic rings. The molecule has 0 unspecified atom stereocenters. The van der Waals surface area contributed by atoms with Crippen molar-refractivity contribution in [1.82, 2.24) is 0 Å². The SMILES string of the molecule is CC(C)OC(C(C)C)(C(C)C)[C@@](O)(C(C)C)[C@H]1OC(=O)C(O)=C1O. The molecule has 0 radical (unpaired) electrons. The lowest BCUT2D eigenvalue weighted by Gasteiger charge is -2.56. The van der Waals surface area contributed by atoms with Gasteiger partial charge in [-0.2, -0.15) is 0 Å². The molecule has 0 aliphatic carbocycles. The maximum Gasteiger partial charge on any atom is 0.378 e. The molecular weight excluding hydrogens is 312 g/mol. The summed E-state index contributed by atoms with van der Waals surface area (Å²) in [5.74, 6) is -3.27. The lowest BCUT2D eigenvalue weighted by molar-refractivity contribution is -0.286. The summed E-state index contributed by atoms with van der Waals surface area (Å²) in [4.78, 5) is 11.7. The first-order valence-corrected chi connectivity index (χ1v) is 8.57. The summed E-state index contributed by atoms with van der Waals surface area (Å²) in [6, 6.07) is 0. The summed E-state index contributed by atoms with van der Waals surface area (Å²) in [6.07, 6.45) is -1.58. The summed E-state index contributed by atoms with van der Waals surface area (Å²) < 4.78 is 11.4. The van der Waals surface area contributed by atoms with Gasteiger partial charge in [-0.25, -0.2) is 4.79 Å². The molecule has 140 valence electrons. The molecule has 1 aliphatic rings. The number of carbonyl (C=O) groups excluding carboxylic acids is 1. The van der Waals surface area contributed by atoms with Crippen molar-refractivity contribution in [3.63, 3.8) is 0 Å². The van der Waals surface area contributed by atoms with Gasteiger partial charge in [0.2, 0.25) is 5.76 Å². The number of ether oxygens (including phenoxy) is 2. The van der Waals surface area contributed by atoms with Gasteiger partial charge >= 0.3 is 5.97 Å². The predicted molar refractivity (Wildman–Crippen MR) is 90.6 cm³/mol. The van der Waals surface area contributed by atoms with Crippen LogP contribution in [0.4, 0.5) is 0 Å². The number of cyclic esters (lactones) is 1. The van der Waals surface area contributed by atoms with Crippen LogP contribution in [0.25, 0.3) is 0 Å². The lowest BCUT2D eigenvalue weighted by Crippen LogP contribution is -2.71. The number of hydrogen-bond donors (Lipinski definition) is 3. The van der Waals surface area contributed by atoms with Gasteiger partial charge in [0.05, 0.1) is 6.10 Å². The average molecular weight is 344 g/mol. The Balaban J connectivity index is 3.66. The molecule has 2 atom stereocenters. The van der Waals surface area contributed by atoms with Crippen molar-refractivity contribution in [2.45, 2.75) is 78.8 Å². The topological polar surface area (TPSA) is 96.2 Å². The molecule has 0 spiro atoms. The molecule has 3 N–H and O–H groups in total. The highest BCUT2D eigenvalue weighted by atomic mass is 16.6. The monoisotopic (exact) mass is 344 g/mol. The molecule has 0 fully saturated rings. The van der Waals surface area contributed by atoms with Gasteiger partial charge < -0.3 is 24.8 Å². The zero-order chi connectivity index (χ0) is 19.0. The predicted octanol–water partition coefficient (Wildman–Crippen LogP) is 3.10. The van der Waals surface area contributed by atoms with Crippen LogP contribution < -0.4 is 0 Å². The van der Waals surface area contributed by atoms with Crippen molar-refractivity contribution in [2.24, 2.45) is 17.8 Å². The third-order valence-corrected chi connectivity index (χ3v) is 4.96. The molecule has 24 heavy (non-hydrogen) atoms. The number of rotatable bonds is 7. The zero-order valence-corrected chi connectivity index (χ0v) is 16.0. The number of hydrogen-bond acceptors (Lipinski definition) is 6. The fraction of sp³-hybridized carbons (Fsp3) is 0.833. The molecule has 6 heteroatoms. The van der Waals surface area contributed by atoms with Gasteiger partial charge in [0.15, 0.2) is 11.9 Å². The molecule has 6 nitrogen and oxygen atoms in total. The van der Waals surface area contributed by atoms with Crippen LogP contribution in [0.1, 0.15) is 55.4 Å². The Kier molecular flexibility index (Phi) is 5.99. The van der Waals surface area contributed by atoms with E-state index < -0.39 is 40.7 Å². The van der Waals surface area contributed by atoms with Crippen molar-refractivity contribution < 1.29 is 29.6 Å². The standard InChI is InChI=1S/C18H32O6/c1-9(2)17(22,15-13(19)14(20)16(21)23-15)18(10(3)4,11(5)6)24-12(7)8/h9-12,15,19-20,22H,1-8H3/t15-,17+/m0/s1. The second kappa shape index (κ2) is 6.92. The Labute approximate surface area is 144 Å². The first-order chi connectivity index (χ1) is 10.8. The first kappa shape index (κ1) is 20.8. The Morgan fingerprint density at radius 2 is 1.42 bits per heavy atom. The Bertz CT molecular complexity index is 498. The van der Waals surface area contributed by atoms with Gasteiger partial charge in [-0.3, -0.25) is 0 Å². The molecule has 0 saturated heterocycles. The summed E-state index contributed by atoms with van der Waals surface area (Å²) in [5.41, 5.74) is -2.84. The third-order valence-electron chi connectivity index (χ3n) is 4.96. The fourth-order valence-corrected chi connectivity index (χ4v) is 4.05. The Hall–Kier alpha value is -1.27. The summed E-state index contributed by atoms with van der Waals surface area (Å²) >= 11 is 0. The number of aliphatic hydroxyl groups is 3. The maximum atomic E-state index is 11.8. The minimum absolute atomic E-state index is 0.151. The molecule has 1 heterocycles. The van der Waals surface area contributed by atoms with Crippen LogP contribution in [0.15, 0.2) is 11.5 Å². The van der Waals surface area contributed by atoms with Gasteiger partial charge in [-0.15, -0.1) is 0 Å². The van der Waals surface area contributed by atoms with Crippen LogP contribution in [0, 0.1) is 17.8 Å². The molecule has 1 rings (SSSR count). The van der Waals surface area contributed by atoms with Crippen molar-refractivity contribution in [3.8, 4) is 0 Å². The van der Waals surface area contributed by atoms with Crippen LogP contribution >= 0.6 is 0 Å². The Morgan fingerprint density at radius 3 is 1.67 bits per heavy atom. The van der Waals surface area contributed by atoms with Crippen molar-refractivity contribution >= 4 is 5.97 Å². The summed E-state index contributed by atoms with van der Waals surface area (Å²) in [6.45, 7) is 15.0. The minimum atomic E-state index is -1.73. The largest absolute Gasteiger partial charge is 0.505 e. The molecule has 0 saturated carbocycles. The third kappa shape index (κ3) is 2.90. The lowest BCUT2D eigenvalue weighted by atomic mass is 9.61. The Morgan fingerprint density at radius 1 is 0.958 bits per heavy atom. The van der Waals surface area contributed by atoms with E-state index in [9.17, 15) is 20.1 Å². The molecule has 0 amide bonds. The zero-order valence-electron chi connectivity index (χ0n) is 16.0. The first-order valence-electron chi connectivity index (χ1n) is 8.57. The highest BCUT2D eigenvalue weighted by molar-refractivity contribution is 5.89. The van der Waals surface area contributed by atoms with Crippen molar-refractivity contribution in [3.05, 3.63) is 11.5 Å². The van der Waals surface area contributed by atoms with Crippen LogP contribution in [0.5, 0.6) is 0 Å². The van der Waals surface area contributed by atoms with Gasteiger partial charge in [0.1, 0.15) is 11.2 Å². The average Bonchev–Trinajstić information content (AvgIpc) is 2.70. The van der Waals surface area contributed by atoms with E-state index in [0.717, 1.165) is 0 Å². The summed E-state index contributed by atoms with van der Waals surface area (Å²) in [5, 5.41) is 31.7. The highest BCUT2D eigenvalue weighted by Gasteiger charge is 2.65. The number of aliphatic hydroxyl groups excluding tert-OH is 2. The van der Waals surface area contributed by atoms with Crippen LogP contribution in [-0.4, -0.2) is 44.7 Å². The minimum Gasteiger partial charge on any atom is -0.505 e. The second-order valence-electron chi connectivity index (χ2n) is 7.77. The van der Waals surface area contributed by atoms with Gasteiger partial charge in [0.25, 0.3) is 0 Å².